The number of hydrogen-bond donors (Lipinski definition) is 1. The molecule has 3 unspecified atom stereocenters. The van der Waals surface area contributed by atoms with Crippen LogP contribution in [0.2, 0.25) is 0 Å². The maximum atomic E-state index is 10.4. The molecule has 1 N–H and O–H groups in total. The molecule has 1 aliphatic carbocycles. The Balaban J connectivity index is 2.41. The molecule has 1 aromatic heterocycles. The molecule has 0 amide bonds. The van der Waals surface area contributed by atoms with E-state index >= 15 is 0 Å². The van der Waals surface area contributed by atoms with Crippen LogP contribution in [-0.4, -0.2) is 14.9 Å². The number of aliphatic hydroxyl groups excluding tert-OH is 1. The van der Waals surface area contributed by atoms with Gasteiger partial charge in [0.15, 0.2) is 0 Å². The van der Waals surface area contributed by atoms with Crippen molar-refractivity contribution in [1.29, 1.82) is 0 Å². The molecular weight excluding hydrogens is 260 g/mol. The minimum atomic E-state index is -0.359. The molecule has 3 atom stereocenters. The highest BCUT2D eigenvalue weighted by molar-refractivity contribution is 5.29. The van der Waals surface area contributed by atoms with E-state index < -0.39 is 0 Å². The van der Waals surface area contributed by atoms with Gasteiger partial charge >= 0.3 is 0 Å². The van der Waals surface area contributed by atoms with Crippen LogP contribution in [0, 0.1) is 11.8 Å². The smallest absolute Gasteiger partial charge is 0.0823 e. The van der Waals surface area contributed by atoms with E-state index in [2.05, 4.69) is 32.4 Å². The topological polar surface area (TPSA) is 38.0 Å². The van der Waals surface area contributed by atoms with Gasteiger partial charge in [-0.2, -0.15) is 5.10 Å². The summed E-state index contributed by atoms with van der Waals surface area (Å²) in [4.78, 5) is 0. The van der Waals surface area contributed by atoms with Gasteiger partial charge in [0.2, 0.25) is 0 Å². The monoisotopic (exact) mass is 292 g/mol. The predicted octanol–water partition coefficient (Wildman–Crippen LogP) is 4.45. The van der Waals surface area contributed by atoms with Crippen LogP contribution in [0.4, 0.5) is 0 Å². The van der Waals surface area contributed by atoms with Crippen LogP contribution in [0.5, 0.6) is 0 Å². The summed E-state index contributed by atoms with van der Waals surface area (Å²) in [7, 11) is 0. The van der Waals surface area contributed by atoms with E-state index in [0.29, 0.717) is 6.04 Å². The van der Waals surface area contributed by atoms with Crippen LogP contribution in [0.15, 0.2) is 0 Å². The molecule has 1 saturated carbocycles. The van der Waals surface area contributed by atoms with Crippen LogP contribution in [-0.2, 0) is 12.8 Å². The lowest BCUT2D eigenvalue weighted by Gasteiger charge is -2.32. The lowest BCUT2D eigenvalue weighted by atomic mass is 9.80. The summed E-state index contributed by atoms with van der Waals surface area (Å²) in [5.41, 5.74) is 3.49. The normalized spacial score (nSPS) is 27.8. The molecule has 1 heterocycles. The largest absolute Gasteiger partial charge is 0.388 e. The third-order valence-electron chi connectivity index (χ3n) is 5.02. The van der Waals surface area contributed by atoms with E-state index in [1.165, 1.54) is 25.0 Å². The Kier molecular flexibility index (Phi) is 5.48. The third-order valence-corrected chi connectivity index (χ3v) is 5.02. The standard InChI is InChI=1S/C18H32N2O/c1-6-15-18(17(21)8-3)16(7-2)20(19-15)14-10-12(4)9-13(5)11-14/h12-14,17,21H,6-11H2,1-5H3. The average molecular weight is 292 g/mol. The Bertz CT molecular complexity index is 456. The van der Waals surface area contributed by atoms with Gasteiger partial charge in [-0.3, -0.25) is 4.68 Å². The van der Waals surface area contributed by atoms with Gasteiger partial charge in [-0.25, -0.2) is 0 Å². The van der Waals surface area contributed by atoms with Crippen molar-refractivity contribution in [3.8, 4) is 0 Å². The molecule has 0 saturated heterocycles. The van der Waals surface area contributed by atoms with Crippen molar-refractivity contribution in [3.63, 3.8) is 0 Å². The highest BCUT2D eigenvalue weighted by Gasteiger charge is 2.30. The van der Waals surface area contributed by atoms with Crippen molar-refractivity contribution in [2.75, 3.05) is 0 Å². The number of aliphatic hydroxyl groups is 1. The summed E-state index contributed by atoms with van der Waals surface area (Å²) in [6.45, 7) is 11.1. The van der Waals surface area contributed by atoms with E-state index in [0.717, 1.165) is 42.4 Å². The Morgan fingerprint density at radius 2 is 1.71 bits per heavy atom. The zero-order valence-corrected chi connectivity index (χ0v) is 14.4. The number of nitrogens with zero attached hydrogens (tertiary/aromatic N) is 2. The Morgan fingerprint density at radius 3 is 2.19 bits per heavy atom. The van der Waals surface area contributed by atoms with E-state index in [1.807, 2.05) is 6.92 Å². The minimum absolute atomic E-state index is 0.359. The molecule has 1 aromatic rings. The first kappa shape index (κ1) is 16.5. The fourth-order valence-corrected chi connectivity index (χ4v) is 4.14. The van der Waals surface area contributed by atoms with Gasteiger partial charge < -0.3 is 5.11 Å². The fourth-order valence-electron chi connectivity index (χ4n) is 4.14. The number of aromatic nitrogens is 2. The summed E-state index contributed by atoms with van der Waals surface area (Å²) in [5, 5.41) is 15.3. The van der Waals surface area contributed by atoms with E-state index in [-0.39, 0.29) is 6.10 Å². The number of hydrogen-bond acceptors (Lipinski definition) is 2. The van der Waals surface area contributed by atoms with Gasteiger partial charge in [0.25, 0.3) is 0 Å². The highest BCUT2D eigenvalue weighted by Crippen LogP contribution is 2.38. The highest BCUT2D eigenvalue weighted by atomic mass is 16.3. The molecule has 3 nitrogen and oxygen atoms in total. The van der Waals surface area contributed by atoms with Crippen molar-refractivity contribution in [2.45, 2.75) is 85.3 Å². The van der Waals surface area contributed by atoms with E-state index in [1.54, 1.807) is 0 Å². The molecule has 0 bridgehead atoms. The lowest BCUT2D eigenvalue weighted by Crippen LogP contribution is -2.24. The molecule has 21 heavy (non-hydrogen) atoms. The van der Waals surface area contributed by atoms with Crippen LogP contribution >= 0.6 is 0 Å². The summed E-state index contributed by atoms with van der Waals surface area (Å²) in [5.74, 6) is 1.55. The van der Waals surface area contributed by atoms with Crippen molar-refractivity contribution >= 4 is 0 Å². The van der Waals surface area contributed by atoms with Crippen molar-refractivity contribution < 1.29 is 5.11 Å². The first-order valence-corrected chi connectivity index (χ1v) is 8.79. The maximum absolute atomic E-state index is 10.4. The van der Waals surface area contributed by atoms with Gasteiger partial charge in [-0.1, -0.05) is 34.6 Å². The molecule has 1 fully saturated rings. The van der Waals surface area contributed by atoms with Crippen LogP contribution < -0.4 is 0 Å². The summed E-state index contributed by atoms with van der Waals surface area (Å²) in [6, 6.07) is 0.516. The SMILES string of the molecule is CCc1nn(C2CC(C)CC(C)C2)c(CC)c1C(O)CC. The van der Waals surface area contributed by atoms with Gasteiger partial charge in [0.1, 0.15) is 0 Å². The predicted molar refractivity (Wildman–Crippen MR) is 87.4 cm³/mol. The first-order valence-electron chi connectivity index (χ1n) is 8.79. The number of aryl methyl sites for hydroxylation is 1. The summed E-state index contributed by atoms with van der Waals surface area (Å²) >= 11 is 0. The van der Waals surface area contributed by atoms with Crippen LogP contribution in [0.1, 0.15) is 89.4 Å². The first-order chi connectivity index (χ1) is 10.0. The second-order valence-corrected chi connectivity index (χ2v) is 6.95. The van der Waals surface area contributed by atoms with Gasteiger partial charge in [-0.05, 0) is 50.4 Å². The van der Waals surface area contributed by atoms with Gasteiger partial charge in [-0.15, -0.1) is 0 Å². The van der Waals surface area contributed by atoms with E-state index in [9.17, 15) is 5.11 Å². The van der Waals surface area contributed by atoms with Crippen LogP contribution in [0.25, 0.3) is 0 Å². The minimum Gasteiger partial charge on any atom is -0.388 e. The second kappa shape index (κ2) is 6.95. The van der Waals surface area contributed by atoms with Crippen molar-refractivity contribution in [1.82, 2.24) is 9.78 Å². The number of rotatable bonds is 5. The fraction of sp³-hybridized carbons (Fsp3) is 0.833. The molecule has 1 aliphatic rings. The summed E-state index contributed by atoms with van der Waals surface area (Å²) < 4.78 is 2.28. The van der Waals surface area contributed by atoms with Crippen molar-refractivity contribution in [3.05, 3.63) is 17.0 Å². The zero-order chi connectivity index (χ0) is 15.6. The zero-order valence-electron chi connectivity index (χ0n) is 14.4. The van der Waals surface area contributed by atoms with Gasteiger partial charge in [0, 0.05) is 11.3 Å². The Hall–Kier alpha value is -0.830. The Labute approximate surface area is 129 Å². The molecule has 2 rings (SSSR count). The molecule has 120 valence electrons. The molecular formula is C18H32N2O. The second-order valence-electron chi connectivity index (χ2n) is 6.95. The van der Waals surface area contributed by atoms with E-state index in [4.69, 9.17) is 5.10 Å². The molecule has 0 aliphatic heterocycles. The summed E-state index contributed by atoms with van der Waals surface area (Å²) in [6.07, 6.45) is 6.06. The van der Waals surface area contributed by atoms with Gasteiger partial charge in [0.05, 0.1) is 17.8 Å². The molecule has 3 heteroatoms. The molecule has 0 radical (unpaired) electrons. The average Bonchev–Trinajstić information content (AvgIpc) is 2.83. The quantitative estimate of drug-likeness (QED) is 0.870. The molecule has 0 aromatic carbocycles. The van der Waals surface area contributed by atoms with Crippen molar-refractivity contribution in [2.24, 2.45) is 11.8 Å². The maximum Gasteiger partial charge on any atom is 0.0823 e. The molecule has 0 spiro atoms. The lowest BCUT2D eigenvalue weighted by molar-refractivity contribution is 0.170. The van der Waals surface area contributed by atoms with Crippen LogP contribution in [0.3, 0.4) is 0 Å². The third kappa shape index (κ3) is 3.33. The Morgan fingerprint density at radius 1 is 1.10 bits per heavy atom.